The Bertz CT molecular complexity index is 758. The Morgan fingerprint density at radius 2 is 2.00 bits per heavy atom. The molecule has 0 aromatic heterocycles. The zero-order valence-corrected chi connectivity index (χ0v) is 14.1. The lowest BCUT2D eigenvalue weighted by Crippen LogP contribution is -2.44. The number of phenols is 1. The number of hydrogen-bond donors (Lipinski definition) is 2. The van der Waals surface area contributed by atoms with Crippen LogP contribution in [0.3, 0.4) is 0 Å². The molecule has 1 heterocycles. The van der Waals surface area contributed by atoms with Crippen LogP contribution in [0.25, 0.3) is 0 Å². The summed E-state index contributed by atoms with van der Waals surface area (Å²) in [5.74, 6) is 0.804. The molecule has 5 heteroatoms. The highest BCUT2D eigenvalue weighted by molar-refractivity contribution is 6.01. The molecule has 3 rings (SSSR count). The normalized spacial score (nSPS) is 16.8. The molecule has 1 aliphatic heterocycles. The first-order chi connectivity index (χ1) is 11.5. The van der Waals surface area contributed by atoms with Gasteiger partial charge in [-0.3, -0.25) is 4.79 Å². The number of carbonyl (C=O) groups excluding carboxylic acids is 1. The van der Waals surface area contributed by atoms with E-state index in [0.29, 0.717) is 23.8 Å². The first kappa shape index (κ1) is 16.2. The van der Waals surface area contributed by atoms with Crippen molar-refractivity contribution in [1.82, 2.24) is 4.90 Å². The molecule has 0 spiro atoms. The summed E-state index contributed by atoms with van der Waals surface area (Å²) in [5.41, 5.74) is 2.30. The van der Waals surface area contributed by atoms with Gasteiger partial charge in [-0.25, -0.2) is 0 Å². The summed E-state index contributed by atoms with van der Waals surface area (Å²) in [4.78, 5) is 14.8. The number of methoxy groups -OCH3 is 1. The first-order valence-corrected chi connectivity index (χ1v) is 8.04. The van der Waals surface area contributed by atoms with Crippen molar-refractivity contribution in [2.75, 3.05) is 19.0 Å². The van der Waals surface area contributed by atoms with E-state index in [0.717, 1.165) is 11.3 Å². The summed E-state index contributed by atoms with van der Waals surface area (Å²) < 4.78 is 5.11. The van der Waals surface area contributed by atoms with Crippen LogP contribution in [0.2, 0.25) is 0 Å². The minimum atomic E-state index is -0.327. The molecule has 0 fully saturated rings. The molecular weight excluding hydrogens is 304 g/mol. The molecule has 0 saturated carbocycles. The number of fused-ring (bicyclic) bond motifs is 1. The lowest BCUT2D eigenvalue weighted by Gasteiger charge is -2.39. The fraction of sp³-hybridized carbons (Fsp3) is 0.316. The molecule has 5 nitrogen and oxygen atoms in total. The summed E-state index contributed by atoms with van der Waals surface area (Å²) >= 11 is 0. The molecule has 2 aromatic rings. The van der Waals surface area contributed by atoms with Crippen LogP contribution in [-0.2, 0) is 0 Å². The van der Waals surface area contributed by atoms with E-state index in [1.165, 1.54) is 7.11 Å². The van der Waals surface area contributed by atoms with Gasteiger partial charge in [-0.05, 0) is 35.7 Å². The van der Waals surface area contributed by atoms with Crippen LogP contribution in [-0.4, -0.2) is 29.6 Å². The molecule has 126 valence electrons. The van der Waals surface area contributed by atoms with E-state index < -0.39 is 0 Å². The number of aromatic hydroxyl groups is 1. The van der Waals surface area contributed by atoms with Crippen LogP contribution >= 0.6 is 0 Å². The molecule has 0 aliphatic carbocycles. The Balaban J connectivity index is 2.03. The highest BCUT2D eigenvalue weighted by Crippen LogP contribution is 2.36. The van der Waals surface area contributed by atoms with E-state index in [4.69, 9.17) is 4.74 Å². The third-order valence-corrected chi connectivity index (χ3v) is 4.10. The number of hydrogen-bond acceptors (Lipinski definition) is 4. The Hall–Kier alpha value is -2.69. The van der Waals surface area contributed by atoms with Gasteiger partial charge in [0.05, 0.1) is 12.7 Å². The molecule has 24 heavy (non-hydrogen) atoms. The number of nitrogens with zero attached hydrogens (tertiary/aromatic N) is 1. The van der Waals surface area contributed by atoms with E-state index in [2.05, 4.69) is 19.2 Å². The highest BCUT2D eigenvalue weighted by Gasteiger charge is 2.33. The maximum atomic E-state index is 12.9. The number of carbonyl (C=O) groups is 1. The van der Waals surface area contributed by atoms with Gasteiger partial charge in [0.2, 0.25) is 0 Å². The molecule has 1 atom stereocenters. The van der Waals surface area contributed by atoms with Crippen LogP contribution in [0, 0.1) is 5.92 Å². The predicted molar refractivity (Wildman–Crippen MR) is 93.3 cm³/mol. The Morgan fingerprint density at radius 3 is 2.67 bits per heavy atom. The van der Waals surface area contributed by atoms with E-state index in [1.54, 1.807) is 12.1 Å². The van der Waals surface area contributed by atoms with Gasteiger partial charge < -0.3 is 20.1 Å². The van der Waals surface area contributed by atoms with Crippen molar-refractivity contribution in [3.63, 3.8) is 0 Å². The summed E-state index contributed by atoms with van der Waals surface area (Å²) in [7, 11) is 1.51. The number of ether oxygens (including phenoxy) is 1. The second-order valence-electron chi connectivity index (χ2n) is 6.38. The molecule has 1 aliphatic rings. The number of para-hydroxylation sites is 1. The van der Waals surface area contributed by atoms with Gasteiger partial charge in [0.15, 0.2) is 11.5 Å². The van der Waals surface area contributed by atoms with Gasteiger partial charge in [0.1, 0.15) is 6.17 Å². The fourth-order valence-corrected chi connectivity index (χ4v) is 3.01. The van der Waals surface area contributed by atoms with E-state index in [9.17, 15) is 9.90 Å². The first-order valence-electron chi connectivity index (χ1n) is 8.04. The van der Waals surface area contributed by atoms with Crippen LogP contribution in [0.1, 0.15) is 35.9 Å². The quantitative estimate of drug-likeness (QED) is 0.901. The largest absolute Gasteiger partial charge is 0.504 e. The number of phenolic OH excluding ortho intramolecular Hbond substituents is 1. The van der Waals surface area contributed by atoms with Crippen LogP contribution in [0.4, 0.5) is 5.69 Å². The van der Waals surface area contributed by atoms with E-state index >= 15 is 0 Å². The average molecular weight is 326 g/mol. The van der Waals surface area contributed by atoms with Crippen LogP contribution in [0.15, 0.2) is 42.5 Å². The van der Waals surface area contributed by atoms with Crippen molar-refractivity contribution < 1.29 is 14.6 Å². The lowest BCUT2D eigenvalue weighted by molar-refractivity contribution is 0.0657. The van der Waals surface area contributed by atoms with Crippen LogP contribution < -0.4 is 10.1 Å². The van der Waals surface area contributed by atoms with Crippen molar-refractivity contribution in [3.8, 4) is 11.5 Å². The second kappa shape index (κ2) is 6.43. The van der Waals surface area contributed by atoms with Gasteiger partial charge in [0, 0.05) is 12.2 Å². The molecule has 1 amide bonds. The van der Waals surface area contributed by atoms with E-state index in [1.807, 2.05) is 35.2 Å². The number of benzene rings is 2. The smallest absolute Gasteiger partial charge is 0.257 e. The Kier molecular flexibility index (Phi) is 4.34. The van der Waals surface area contributed by atoms with Gasteiger partial charge in [-0.1, -0.05) is 32.0 Å². The highest BCUT2D eigenvalue weighted by atomic mass is 16.5. The number of nitrogens with one attached hydrogen (secondary N) is 1. The monoisotopic (exact) mass is 326 g/mol. The molecule has 1 unspecified atom stereocenters. The molecule has 2 N–H and O–H groups in total. The summed E-state index contributed by atoms with van der Waals surface area (Å²) in [6.45, 7) is 4.78. The molecule has 0 radical (unpaired) electrons. The van der Waals surface area contributed by atoms with Gasteiger partial charge in [0.25, 0.3) is 5.91 Å². The van der Waals surface area contributed by atoms with Crippen LogP contribution in [0.5, 0.6) is 11.5 Å². The van der Waals surface area contributed by atoms with Crippen molar-refractivity contribution >= 4 is 11.6 Å². The maximum absolute atomic E-state index is 12.9. The van der Waals surface area contributed by atoms with Crippen molar-refractivity contribution in [2.24, 2.45) is 5.92 Å². The zero-order valence-electron chi connectivity index (χ0n) is 14.1. The standard InChI is InChI=1S/C19H22N2O3/c1-12(2)11-21-18(13-8-9-17(24-3)16(22)10-13)20-15-7-5-4-6-14(15)19(21)23/h4-10,12,18,20,22H,11H2,1-3H3. The third kappa shape index (κ3) is 2.89. The Morgan fingerprint density at radius 1 is 1.25 bits per heavy atom. The summed E-state index contributed by atoms with van der Waals surface area (Å²) in [6.07, 6.45) is -0.327. The van der Waals surface area contributed by atoms with Gasteiger partial charge in [-0.2, -0.15) is 0 Å². The van der Waals surface area contributed by atoms with E-state index in [-0.39, 0.29) is 17.8 Å². The second-order valence-corrected chi connectivity index (χ2v) is 6.38. The van der Waals surface area contributed by atoms with Gasteiger partial charge in [-0.15, -0.1) is 0 Å². The molecule has 0 saturated heterocycles. The number of anilines is 1. The predicted octanol–water partition coefficient (Wildman–Crippen LogP) is 3.62. The molecule has 2 aromatic carbocycles. The number of amides is 1. The summed E-state index contributed by atoms with van der Waals surface area (Å²) in [5, 5.41) is 13.5. The molecule has 0 bridgehead atoms. The Labute approximate surface area is 141 Å². The fourth-order valence-electron chi connectivity index (χ4n) is 3.01. The maximum Gasteiger partial charge on any atom is 0.257 e. The van der Waals surface area contributed by atoms with Crippen molar-refractivity contribution in [2.45, 2.75) is 20.0 Å². The molecular formula is C19H22N2O3. The van der Waals surface area contributed by atoms with Gasteiger partial charge >= 0.3 is 0 Å². The minimum Gasteiger partial charge on any atom is -0.504 e. The van der Waals surface area contributed by atoms with Crippen molar-refractivity contribution in [3.05, 3.63) is 53.6 Å². The lowest BCUT2D eigenvalue weighted by atomic mass is 10.0. The SMILES string of the molecule is COc1ccc(C2Nc3ccccc3C(=O)N2CC(C)C)cc1O. The minimum absolute atomic E-state index is 0.00152. The topological polar surface area (TPSA) is 61.8 Å². The average Bonchev–Trinajstić information content (AvgIpc) is 2.57. The van der Waals surface area contributed by atoms with Crippen molar-refractivity contribution in [1.29, 1.82) is 0 Å². The zero-order chi connectivity index (χ0) is 17.3. The summed E-state index contributed by atoms with van der Waals surface area (Å²) in [6, 6.07) is 12.7. The third-order valence-electron chi connectivity index (χ3n) is 4.10. The number of rotatable bonds is 4.